The van der Waals surface area contributed by atoms with Gasteiger partial charge in [0.25, 0.3) is 0 Å². The Hall–Kier alpha value is -0.780. The third kappa shape index (κ3) is 7.40. The van der Waals surface area contributed by atoms with Crippen molar-refractivity contribution < 1.29 is 17.9 Å². The van der Waals surface area contributed by atoms with Crippen LogP contribution in [0.25, 0.3) is 0 Å². The minimum absolute atomic E-state index is 0. The first-order valence-corrected chi connectivity index (χ1v) is 8.03. The average Bonchev–Trinajstić information content (AvgIpc) is 2.28. The molecule has 19 heavy (non-hydrogen) atoms. The first kappa shape index (κ1) is 18.2. The van der Waals surface area contributed by atoms with Gasteiger partial charge in [0.2, 0.25) is 9.05 Å². The fraction of sp³-hybridized carbons (Fsp3) is 0.417. The molecule has 7 heteroatoms. The highest BCUT2D eigenvalue weighted by Crippen LogP contribution is 2.15. The zero-order valence-corrected chi connectivity index (χ0v) is 12.8. The Bertz CT molecular complexity index is 488. The zero-order valence-electron chi connectivity index (χ0n) is 10.4. The Kier molecular flexibility index (Phi) is 8.06. The minimum atomic E-state index is -3.74. The molecular formula is C12H16Cl2O4S. The van der Waals surface area contributed by atoms with E-state index in [2.05, 4.69) is 0 Å². The Labute approximate surface area is 123 Å². The van der Waals surface area contributed by atoms with Crippen molar-refractivity contribution in [3.05, 3.63) is 35.9 Å². The van der Waals surface area contributed by atoms with Crippen molar-refractivity contribution in [3.8, 4) is 0 Å². The lowest BCUT2D eigenvalue weighted by Crippen LogP contribution is -2.26. The molecule has 1 unspecified atom stereocenters. The zero-order chi connectivity index (χ0) is 13.6. The van der Waals surface area contributed by atoms with Gasteiger partial charge < -0.3 is 4.74 Å². The van der Waals surface area contributed by atoms with Crippen LogP contribution in [0.5, 0.6) is 0 Å². The molecule has 0 heterocycles. The van der Waals surface area contributed by atoms with Crippen molar-refractivity contribution in [3.63, 3.8) is 0 Å². The maximum Gasteiger partial charge on any atom is 0.310 e. The number of esters is 1. The summed E-state index contributed by atoms with van der Waals surface area (Å²) in [7, 11) is 1.47. The molecule has 1 aromatic carbocycles. The Morgan fingerprint density at radius 1 is 1.32 bits per heavy atom. The van der Waals surface area contributed by atoms with Gasteiger partial charge in [-0.2, -0.15) is 0 Å². The van der Waals surface area contributed by atoms with Crippen molar-refractivity contribution in [1.82, 2.24) is 0 Å². The van der Waals surface area contributed by atoms with Crippen LogP contribution in [-0.4, -0.2) is 26.7 Å². The maximum absolute atomic E-state index is 11.7. The Morgan fingerprint density at radius 2 is 1.89 bits per heavy atom. The summed E-state index contributed by atoms with van der Waals surface area (Å²) >= 11 is 0. The van der Waals surface area contributed by atoms with Crippen molar-refractivity contribution >= 4 is 38.1 Å². The average molecular weight is 327 g/mol. The summed E-state index contributed by atoms with van der Waals surface area (Å²) in [4.78, 5) is 11.7. The standard InChI is InChI=1S/C12H15ClO4S.ClH/c1-2-17-12(14)11(9-18(13,15)16)8-10-6-4-3-5-7-10;/h3-7,11H,2,8-9H2,1H3;1H. The molecule has 0 bridgehead atoms. The molecule has 0 fully saturated rings. The van der Waals surface area contributed by atoms with Crippen LogP contribution >= 0.6 is 23.1 Å². The number of rotatable bonds is 6. The molecule has 0 radical (unpaired) electrons. The smallest absolute Gasteiger partial charge is 0.310 e. The highest BCUT2D eigenvalue weighted by molar-refractivity contribution is 8.13. The fourth-order valence-corrected chi connectivity index (χ4v) is 2.80. The van der Waals surface area contributed by atoms with Gasteiger partial charge in [0.05, 0.1) is 18.3 Å². The lowest BCUT2D eigenvalue weighted by Gasteiger charge is -2.13. The van der Waals surface area contributed by atoms with E-state index in [1.54, 1.807) is 6.92 Å². The van der Waals surface area contributed by atoms with Crippen LogP contribution in [0.15, 0.2) is 30.3 Å². The SMILES string of the molecule is CCOC(=O)C(Cc1ccccc1)CS(=O)(=O)Cl.Cl. The molecule has 0 aliphatic heterocycles. The molecule has 0 N–H and O–H groups in total. The van der Waals surface area contributed by atoms with E-state index in [1.165, 1.54) is 0 Å². The second-order valence-electron chi connectivity index (χ2n) is 3.84. The van der Waals surface area contributed by atoms with Crippen molar-refractivity contribution in [1.29, 1.82) is 0 Å². The molecule has 0 aliphatic carbocycles. The molecule has 0 spiro atoms. The second-order valence-corrected chi connectivity index (χ2v) is 6.67. The van der Waals surface area contributed by atoms with E-state index in [-0.39, 0.29) is 19.0 Å². The van der Waals surface area contributed by atoms with Gasteiger partial charge in [-0.1, -0.05) is 30.3 Å². The topological polar surface area (TPSA) is 60.4 Å². The van der Waals surface area contributed by atoms with Crippen molar-refractivity contribution in [2.24, 2.45) is 5.92 Å². The Morgan fingerprint density at radius 3 is 2.37 bits per heavy atom. The van der Waals surface area contributed by atoms with Gasteiger partial charge in [-0.3, -0.25) is 4.79 Å². The van der Waals surface area contributed by atoms with E-state index < -0.39 is 26.7 Å². The molecule has 1 rings (SSSR count). The lowest BCUT2D eigenvalue weighted by molar-refractivity contribution is -0.147. The molecule has 1 atom stereocenters. The van der Waals surface area contributed by atoms with Crippen molar-refractivity contribution in [2.45, 2.75) is 13.3 Å². The highest BCUT2D eigenvalue weighted by Gasteiger charge is 2.25. The number of carbonyl (C=O) groups excluding carboxylic acids is 1. The fourth-order valence-electron chi connectivity index (χ4n) is 1.61. The van der Waals surface area contributed by atoms with E-state index >= 15 is 0 Å². The first-order chi connectivity index (χ1) is 8.42. The number of benzene rings is 1. The van der Waals surface area contributed by atoms with Crippen LogP contribution in [-0.2, 0) is 25.0 Å². The van der Waals surface area contributed by atoms with Gasteiger partial charge in [0, 0.05) is 10.7 Å². The second kappa shape index (κ2) is 8.40. The van der Waals surface area contributed by atoms with E-state index in [0.29, 0.717) is 6.42 Å². The summed E-state index contributed by atoms with van der Waals surface area (Å²) in [6.07, 6.45) is 0.297. The minimum Gasteiger partial charge on any atom is -0.466 e. The number of hydrogen-bond donors (Lipinski definition) is 0. The molecule has 108 valence electrons. The van der Waals surface area contributed by atoms with Gasteiger partial charge in [0.15, 0.2) is 0 Å². The quantitative estimate of drug-likeness (QED) is 0.595. The van der Waals surface area contributed by atoms with Gasteiger partial charge >= 0.3 is 5.97 Å². The van der Waals surface area contributed by atoms with E-state index in [0.717, 1.165) is 5.56 Å². The molecule has 1 aromatic rings. The molecule has 0 amide bonds. The predicted octanol–water partition coefficient (Wildman–Crippen LogP) is 2.40. The number of halogens is 2. The lowest BCUT2D eigenvalue weighted by atomic mass is 10.0. The molecule has 0 saturated heterocycles. The summed E-state index contributed by atoms with van der Waals surface area (Å²) in [5.74, 6) is -1.72. The first-order valence-electron chi connectivity index (χ1n) is 5.55. The molecule has 0 aliphatic rings. The van der Waals surface area contributed by atoms with E-state index in [4.69, 9.17) is 15.4 Å². The summed E-state index contributed by atoms with van der Waals surface area (Å²) in [5, 5.41) is 0. The van der Waals surface area contributed by atoms with E-state index in [1.807, 2.05) is 30.3 Å². The van der Waals surface area contributed by atoms with Crippen LogP contribution < -0.4 is 0 Å². The number of ether oxygens (including phenoxy) is 1. The third-order valence-electron chi connectivity index (χ3n) is 2.35. The number of hydrogen-bond acceptors (Lipinski definition) is 4. The predicted molar refractivity (Wildman–Crippen MR) is 77.2 cm³/mol. The third-order valence-corrected chi connectivity index (χ3v) is 3.52. The molecule has 0 aromatic heterocycles. The van der Waals surface area contributed by atoms with Crippen LogP contribution in [0.4, 0.5) is 0 Å². The summed E-state index contributed by atoms with van der Waals surface area (Å²) < 4.78 is 27.1. The summed E-state index contributed by atoms with van der Waals surface area (Å²) in [6.45, 7) is 1.89. The highest BCUT2D eigenvalue weighted by atomic mass is 35.7. The summed E-state index contributed by atoms with van der Waals surface area (Å²) in [6, 6.07) is 9.15. The van der Waals surface area contributed by atoms with Gasteiger partial charge in [-0.15, -0.1) is 12.4 Å². The van der Waals surface area contributed by atoms with Crippen LogP contribution in [0.2, 0.25) is 0 Å². The normalized spacial score (nSPS) is 12.3. The van der Waals surface area contributed by atoms with Gasteiger partial charge in [-0.05, 0) is 18.9 Å². The number of carbonyl (C=O) groups is 1. The van der Waals surface area contributed by atoms with Gasteiger partial charge in [0.1, 0.15) is 0 Å². The van der Waals surface area contributed by atoms with Crippen LogP contribution in [0.1, 0.15) is 12.5 Å². The molecule has 0 saturated carbocycles. The molecule has 4 nitrogen and oxygen atoms in total. The van der Waals surface area contributed by atoms with E-state index in [9.17, 15) is 13.2 Å². The Balaban J connectivity index is 0.00000324. The summed E-state index contributed by atoms with van der Waals surface area (Å²) in [5.41, 5.74) is 0.871. The van der Waals surface area contributed by atoms with Gasteiger partial charge in [-0.25, -0.2) is 8.42 Å². The van der Waals surface area contributed by atoms with Crippen molar-refractivity contribution in [2.75, 3.05) is 12.4 Å². The van der Waals surface area contributed by atoms with Crippen LogP contribution in [0.3, 0.4) is 0 Å². The maximum atomic E-state index is 11.7. The molecular weight excluding hydrogens is 311 g/mol. The largest absolute Gasteiger partial charge is 0.466 e. The monoisotopic (exact) mass is 326 g/mol. The van der Waals surface area contributed by atoms with Crippen LogP contribution in [0, 0.1) is 5.92 Å².